The van der Waals surface area contributed by atoms with Gasteiger partial charge in [0.25, 0.3) is 0 Å². The van der Waals surface area contributed by atoms with E-state index in [1.54, 1.807) is 0 Å². The van der Waals surface area contributed by atoms with Gasteiger partial charge in [0.2, 0.25) is 0 Å². The van der Waals surface area contributed by atoms with Crippen molar-refractivity contribution in [3.63, 3.8) is 0 Å². The minimum atomic E-state index is 0.0821. The maximum atomic E-state index is 11.3. The topological polar surface area (TPSA) is 17.1 Å². The van der Waals surface area contributed by atoms with Gasteiger partial charge in [-0.15, -0.1) is 0 Å². The van der Waals surface area contributed by atoms with Crippen molar-refractivity contribution in [2.75, 3.05) is 5.75 Å². The number of hydrogen-bond acceptors (Lipinski definition) is 2. The van der Waals surface area contributed by atoms with Gasteiger partial charge in [-0.1, -0.05) is 23.8 Å². The van der Waals surface area contributed by atoms with Crippen LogP contribution in [0.4, 0.5) is 0 Å². The van der Waals surface area contributed by atoms with Crippen LogP contribution in [0.25, 0.3) is 0 Å². The van der Waals surface area contributed by atoms with Crippen molar-refractivity contribution >= 4 is 27.4 Å². The van der Waals surface area contributed by atoms with E-state index in [1.165, 1.54) is 0 Å². The minimum absolute atomic E-state index is 0.0821. The fourth-order valence-corrected chi connectivity index (χ4v) is 1.51. The number of Topliss-reactive ketones (excluding diaryl/α,β-unsaturated/α-hetero) is 1. The van der Waals surface area contributed by atoms with Crippen molar-refractivity contribution in [3.05, 3.63) is 35.4 Å². The van der Waals surface area contributed by atoms with Crippen LogP contribution in [-0.4, -0.2) is 11.5 Å². The first-order chi connectivity index (χ1) is 5.74. The van der Waals surface area contributed by atoms with E-state index in [4.69, 9.17) is 10.7 Å². The average Bonchev–Trinajstić information content (AvgIpc) is 2.05. The van der Waals surface area contributed by atoms with E-state index in [-0.39, 0.29) is 5.78 Å². The molecule has 0 radical (unpaired) electrons. The highest BCUT2D eigenvalue weighted by Gasteiger charge is 2.04. The van der Waals surface area contributed by atoms with Crippen LogP contribution in [0.1, 0.15) is 15.9 Å². The summed E-state index contributed by atoms with van der Waals surface area (Å²) in [6, 6.07) is 7.52. The molecule has 0 saturated heterocycles. The summed E-state index contributed by atoms with van der Waals surface area (Å²) in [7, 11) is 6.42. The molecule has 0 spiro atoms. The average molecular weight is 201 g/mol. The third kappa shape index (κ3) is 2.54. The molecule has 1 nitrogen and oxygen atoms in total. The molecule has 1 aromatic carbocycles. The number of carbonyl (C=O) groups excluding carboxylic acids is 1. The van der Waals surface area contributed by atoms with Gasteiger partial charge in [-0.3, -0.25) is 4.79 Å². The number of hydrogen-bond donors (Lipinski definition) is 0. The molecule has 0 heterocycles. The first-order valence-corrected chi connectivity index (χ1v) is 5.38. The zero-order valence-corrected chi connectivity index (χ0v) is 8.28. The molecule has 0 unspecified atom stereocenters. The first kappa shape index (κ1) is 9.62. The molecule has 0 atom stereocenters. The third-order valence-corrected chi connectivity index (χ3v) is 2.22. The second-order valence-corrected chi connectivity index (χ2v) is 3.71. The van der Waals surface area contributed by atoms with E-state index < -0.39 is 0 Å². The van der Waals surface area contributed by atoms with Gasteiger partial charge >= 0.3 is 0 Å². The van der Waals surface area contributed by atoms with Crippen molar-refractivity contribution < 1.29 is 4.79 Å². The number of ketones is 1. The predicted molar refractivity (Wildman–Crippen MR) is 53.8 cm³/mol. The summed E-state index contributed by atoms with van der Waals surface area (Å²) in [6.07, 6.45) is 0. The molecule has 3 heteroatoms. The molecule has 1 aromatic rings. The third-order valence-electron chi connectivity index (χ3n) is 1.53. The summed E-state index contributed by atoms with van der Waals surface area (Å²) in [5, 5.41) is 0. The van der Waals surface area contributed by atoms with E-state index in [9.17, 15) is 4.79 Å². The highest BCUT2D eigenvalue weighted by molar-refractivity contribution is 8.21. The van der Waals surface area contributed by atoms with E-state index >= 15 is 0 Å². The molecule has 0 N–H and O–H groups in total. The standard InChI is InChI=1S/C9H9ClOS/c1-7-3-2-4-8(5-7)9(11)6-12-10/h2-5H,6H2,1H3. The summed E-state index contributed by atoms with van der Waals surface area (Å²) < 4.78 is 0. The lowest BCUT2D eigenvalue weighted by Crippen LogP contribution is -2.00. The highest BCUT2D eigenvalue weighted by atomic mass is 35.7. The fourth-order valence-electron chi connectivity index (χ4n) is 0.951. The number of aryl methyl sites for hydroxylation is 1. The number of benzene rings is 1. The molecule has 0 amide bonds. The molecule has 0 aliphatic carbocycles. The van der Waals surface area contributed by atoms with Gasteiger partial charge in [-0.05, 0) is 34.6 Å². The Kier molecular flexibility index (Phi) is 3.63. The van der Waals surface area contributed by atoms with Crippen LogP contribution in [0.3, 0.4) is 0 Å². The van der Waals surface area contributed by atoms with Gasteiger partial charge in [0, 0.05) is 5.56 Å². The van der Waals surface area contributed by atoms with Gasteiger partial charge in [0.05, 0.1) is 5.75 Å². The summed E-state index contributed by atoms with van der Waals surface area (Å²) in [5.41, 5.74) is 1.84. The Bertz CT molecular complexity index is 286. The summed E-state index contributed by atoms with van der Waals surface area (Å²) in [6.45, 7) is 1.96. The Morgan fingerprint density at radius 1 is 1.58 bits per heavy atom. The second kappa shape index (κ2) is 4.53. The van der Waals surface area contributed by atoms with Crippen molar-refractivity contribution in [2.45, 2.75) is 6.92 Å². The second-order valence-electron chi connectivity index (χ2n) is 2.55. The van der Waals surface area contributed by atoms with Crippen molar-refractivity contribution in [1.82, 2.24) is 0 Å². The highest BCUT2D eigenvalue weighted by Crippen LogP contribution is 2.11. The van der Waals surface area contributed by atoms with Gasteiger partial charge < -0.3 is 0 Å². The van der Waals surface area contributed by atoms with Gasteiger partial charge in [-0.2, -0.15) is 0 Å². The number of rotatable bonds is 3. The molecule has 0 aliphatic rings. The van der Waals surface area contributed by atoms with Crippen LogP contribution in [0.2, 0.25) is 0 Å². The molecule has 0 fully saturated rings. The maximum absolute atomic E-state index is 11.3. The SMILES string of the molecule is Cc1cccc(C(=O)CSCl)c1. The summed E-state index contributed by atoms with van der Waals surface area (Å²) >= 11 is 0. The molecule has 1 rings (SSSR count). The zero-order chi connectivity index (χ0) is 8.97. The van der Waals surface area contributed by atoms with Crippen molar-refractivity contribution in [1.29, 1.82) is 0 Å². The largest absolute Gasteiger partial charge is 0.293 e. The van der Waals surface area contributed by atoms with Crippen LogP contribution in [-0.2, 0) is 0 Å². The van der Waals surface area contributed by atoms with E-state index in [1.807, 2.05) is 31.2 Å². The van der Waals surface area contributed by atoms with Crippen LogP contribution >= 0.6 is 21.7 Å². The molecule has 0 bridgehead atoms. The molecule has 12 heavy (non-hydrogen) atoms. The molecular formula is C9H9ClOS. The summed E-state index contributed by atoms with van der Waals surface area (Å²) in [4.78, 5) is 11.3. The lowest BCUT2D eigenvalue weighted by atomic mass is 10.1. The van der Waals surface area contributed by atoms with Crippen molar-refractivity contribution in [3.8, 4) is 0 Å². The van der Waals surface area contributed by atoms with Crippen LogP contribution in [0.15, 0.2) is 24.3 Å². The Hall–Kier alpha value is -0.470. The summed E-state index contributed by atoms with van der Waals surface area (Å²) in [5.74, 6) is 0.420. The fraction of sp³-hybridized carbons (Fsp3) is 0.222. The molecular weight excluding hydrogens is 192 g/mol. The Balaban J connectivity index is 2.81. The Morgan fingerprint density at radius 3 is 2.92 bits per heavy atom. The molecule has 64 valence electrons. The van der Waals surface area contributed by atoms with Gasteiger partial charge in [0.1, 0.15) is 0 Å². The molecule has 0 aromatic heterocycles. The van der Waals surface area contributed by atoms with E-state index in [0.717, 1.165) is 22.1 Å². The quantitative estimate of drug-likeness (QED) is 0.698. The smallest absolute Gasteiger partial charge is 0.173 e. The zero-order valence-electron chi connectivity index (χ0n) is 6.71. The van der Waals surface area contributed by atoms with Crippen LogP contribution in [0, 0.1) is 6.92 Å². The van der Waals surface area contributed by atoms with Gasteiger partial charge in [0.15, 0.2) is 5.78 Å². The minimum Gasteiger partial charge on any atom is -0.293 e. The normalized spacial score (nSPS) is 9.83. The molecule has 0 aliphatic heterocycles. The number of carbonyl (C=O) groups is 1. The van der Waals surface area contributed by atoms with Crippen LogP contribution in [0.5, 0.6) is 0 Å². The van der Waals surface area contributed by atoms with E-state index in [0.29, 0.717) is 5.75 Å². The lowest BCUT2D eigenvalue weighted by molar-refractivity contribution is 0.102. The van der Waals surface area contributed by atoms with Crippen LogP contribution < -0.4 is 0 Å². The Morgan fingerprint density at radius 2 is 2.33 bits per heavy atom. The molecule has 0 saturated carbocycles. The monoisotopic (exact) mass is 200 g/mol. The van der Waals surface area contributed by atoms with Gasteiger partial charge in [-0.25, -0.2) is 0 Å². The Labute approximate surface area is 80.6 Å². The first-order valence-electron chi connectivity index (χ1n) is 3.57. The lowest BCUT2D eigenvalue weighted by Gasteiger charge is -1.98. The predicted octanol–water partition coefficient (Wildman–Crippen LogP) is 3.06. The maximum Gasteiger partial charge on any atom is 0.173 e. The van der Waals surface area contributed by atoms with Crippen molar-refractivity contribution in [2.24, 2.45) is 0 Å². The number of halogens is 1. The van der Waals surface area contributed by atoms with E-state index in [2.05, 4.69) is 0 Å².